The Kier molecular flexibility index (Phi) is 5.59. The largest absolute Gasteiger partial charge is 0.488 e. The second-order valence-electron chi connectivity index (χ2n) is 4.28. The van der Waals surface area contributed by atoms with Crippen LogP contribution in [0.2, 0.25) is 0 Å². The number of ether oxygens (including phenoxy) is 1. The number of aliphatic carboxylic acids is 1. The lowest BCUT2D eigenvalue weighted by Crippen LogP contribution is -1.96. The highest BCUT2D eigenvalue weighted by molar-refractivity contribution is 9.10. The van der Waals surface area contributed by atoms with Crippen LogP contribution in [-0.2, 0) is 11.4 Å². The second-order valence-corrected chi connectivity index (χ2v) is 6.05. The predicted octanol–water partition coefficient (Wildman–Crippen LogP) is 4.89. The standard InChI is InChI=1S/C16H12Br2O3/c17-13-3-1-2-12(8-13)10-21-15-6-4-11(9-14(15)18)5-7-16(19)20/h1-9H,10H2,(H,19,20). The zero-order valence-corrected chi connectivity index (χ0v) is 14.1. The summed E-state index contributed by atoms with van der Waals surface area (Å²) in [6, 6.07) is 13.3. The molecule has 21 heavy (non-hydrogen) atoms. The van der Waals surface area contributed by atoms with Gasteiger partial charge in [0.15, 0.2) is 0 Å². The molecule has 0 amide bonds. The van der Waals surface area contributed by atoms with Gasteiger partial charge in [-0.15, -0.1) is 0 Å². The number of carboxylic acid groups (broad SMARTS) is 1. The average Bonchev–Trinajstić information content (AvgIpc) is 2.44. The van der Waals surface area contributed by atoms with Crippen LogP contribution in [0.15, 0.2) is 57.5 Å². The molecule has 0 fully saturated rings. The molecule has 1 N–H and O–H groups in total. The van der Waals surface area contributed by atoms with Crippen molar-refractivity contribution in [1.29, 1.82) is 0 Å². The van der Waals surface area contributed by atoms with E-state index in [-0.39, 0.29) is 0 Å². The van der Waals surface area contributed by atoms with Crippen LogP contribution in [0.25, 0.3) is 6.08 Å². The fraction of sp³-hybridized carbons (Fsp3) is 0.0625. The van der Waals surface area contributed by atoms with E-state index in [1.807, 2.05) is 36.4 Å². The highest BCUT2D eigenvalue weighted by Crippen LogP contribution is 2.27. The summed E-state index contributed by atoms with van der Waals surface area (Å²) in [6.45, 7) is 0.461. The number of carbonyl (C=O) groups is 1. The van der Waals surface area contributed by atoms with E-state index in [0.29, 0.717) is 12.4 Å². The Hall–Kier alpha value is -1.59. The van der Waals surface area contributed by atoms with Crippen molar-refractivity contribution >= 4 is 43.9 Å². The van der Waals surface area contributed by atoms with Crippen LogP contribution in [0.4, 0.5) is 0 Å². The smallest absolute Gasteiger partial charge is 0.328 e. The fourth-order valence-corrected chi connectivity index (χ4v) is 2.65. The van der Waals surface area contributed by atoms with E-state index >= 15 is 0 Å². The Labute approximate surface area is 139 Å². The highest BCUT2D eigenvalue weighted by Gasteiger charge is 2.03. The van der Waals surface area contributed by atoms with Crippen LogP contribution < -0.4 is 4.74 Å². The van der Waals surface area contributed by atoms with Crippen molar-refractivity contribution < 1.29 is 14.6 Å². The van der Waals surface area contributed by atoms with Gasteiger partial charge in [0.25, 0.3) is 0 Å². The van der Waals surface area contributed by atoms with Gasteiger partial charge in [-0.05, 0) is 57.4 Å². The quantitative estimate of drug-likeness (QED) is 0.712. The van der Waals surface area contributed by atoms with Gasteiger partial charge < -0.3 is 9.84 Å². The fourth-order valence-electron chi connectivity index (χ4n) is 1.69. The minimum Gasteiger partial charge on any atom is -0.488 e. The number of rotatable bonds is 5. The van der Waals surface area contributed by atoms with Crippen molar-refractivity contribution in [2.24, 2.45) is 0 Å². The topological polar surface area (TPSA) is 46.5 Å². The SMILES string of the molecule is O=C(O)C=Cc1ccc(OCc2cccc(Br)c2)c(Br)c1. The molecule has 0 spiro atoms. The van der Waals surface area contributed by atoms with E-state index in [1.54, 1.807) is 6.07 Å². The minimum atomic E-state index is -0.971. The molecule has 5 heteroatoms. The Morgan fingerprint density at radius 1 is 1.19 bits per heavy atom. The molecule has 0 aromatic heterocycles. The average molecular weight is 412 g/mol. The molecular weight excluding hydrogens is 400 g/mol. The molecule has 0 aliphatic carbocycles. The Bertz CT molecular complexity index is 681. The summed E-state index contributed by atoms with van der Waals surface area (Å²) in [7, 11) is 0. The second kappa shape index (κ2) is 7.43. The zero-order chi connectivity index (χ0) is 15.2. The third-order valence-corrected chi connectivity index (χ3v) is 3.77. The van der Waals surface area contributed by atoms with Crippen LogP contribution in [-0.4, -0.2) is 11.1 Å². The first-order chi connectivity index (χ1) is 10.0. The summed E-state index contributed by atoms with van der Waals surface area (Å²) in [5.41, 5.74) is 1.85. The number of hydrogen-bond acceptors (Lipinski definition) is 2. The van der Waals surface area contributed by atoms with Crippen LogP contribution in [0.1, 0.15) is 11.1 Å². The Balaban J connectivity index is 2.06. The summed E-state index contributed by atoms with van der Waals surface area (Å²) in [6.07, 6.45) is 2.63. The maximum atomic E-state index is 10.5. The van der Waals surface area contributed by atoms with Crippen molar-refractivity contribution in [1.82, 2.24) is 0 Å². The summed E-state index contributed by atoms with van der Waals surface area (Å²) in [5, 5.41) is 8.60. The van der Waals surface area contributed by atoms with E-state index in [0.717, 1.165) is 26.1 Å². The van der Waals surface area contributed by atoms with Gasteiger partial charge >= 0.3 is 5.97 Å². The van der Waals surface area contributed by atoms with E-state index in [1.165, 1.54) is 6.08 Å². The van der Waals surface area contributed by atoms with Crippen molar-refractivity contribution in [3.63, 3.8) is 0 Å². The third kappa shape index (κ3) is 5.02. The molecular formula is C16H12Br2O3. The van der Waals surface area contributed by atoms with Gasteiger partial charge in [0, 0.05) is 10.5 Å². The summed E-state index contributed by atoms with van der Waals surface area (Å²) < 4.78 is 7.54. The first kappa shape index (κ1) is 15.8. The number of hydrogen-bond donors (Lipinski definition) is 1. The molecule has 0 aliphatic heterocycles. The Morgan fingerprint density at radius 3 is 2.67 bits per heavy atom. The van der Waals surface area contributed by atoms with Gasteiger partial charge in [0.2, 0.25) is 0 Å². The van der Waals surface area contributed by atoms with Crippen molar-refractivity contribution in [3.05, 3.63) is 68.6 Å². The van der Waals surface area contributed by atoms with E-state index in [4.69, 9.17) is 9.84 Å². The normalized spacial score (nSPS) is 10.8. The van der Waals surface area contributed by atoms with E-state index in [9.17, 15) is 4.79 Å². The molecule has 0 heterocycles. The summed E-state index contributed by atoms with van der Waals surface area (Å²) in [4.78, 5) is 10.5. The molecule has 108 valence electrons. The molecule has 0 saturated heterocycles. The molecule has 0 bridgehead atoms. The monoisotopic (exact) mass is 410 g/mol. The molecule has 2 aromatic carbocycles. The molecule has 2 aromatic rings. The molecule has 2 rings (SSSR count). The lowest BCUT2D eigenvalue weighted by atomic mass is 10.2. The molecule has 0 aliphatic rings. The van der Waals surface area contributed by atoms with Crippen LogP contribution in [0.3, 0.4) is 0 Å². The first-order valence-corrected chi connectivity index (χ1v) is 7.71. The Morgan fingerprint density at radius 2 is 2.00 bits per heavy atom. The van der Waals surface area contributed by atoms with Gasteiger partial charge in [-0.3, -0.25) is 0 Å². The van der Waals surface area contributed by atoms with E-state index < -0.39 is 5.97 Å². The molecule has 3 nitrogen and oxygen atoms in total. The summed E-state index contributed by atoms with van der Waals surface area (Å²) >= 11 is 6.85. The lowest BCUT2D eigenvalue weighted by molar-refractivity contribution is -0.131. The van der Waals surface area contributed by atoms with Crippen LogP contribution >= 0.6 is 31.9 Å². The molecule has 0 saturated carbocycles. The molecule has 0 unspecified atom stereocenters. The highest BCUT2D eigenvalue weighted by atomic mass is 79.9. The zero-order valence-electron chi connectivity index (χ0n) is 10.9. The maximum Gasteiger partial charge on any atom is 0.328 e. The van der Waals surface area contributed by atoms with Crippen molar-refractivity contribution in [2.75, 3.05) is 0 Å². The number of halogens is 2. The minimum absolute atomic E-state index is 0.461. The van der Waals surface area contributed by atoms with Crippen molar-refractivity contribution in [2.45, 2.75) is 6.61 Å². The van der Waals surface area contributed by atoms with Crippen LogP contribution in [0, 0.1) is 0 Å². The van der Waals surface area contributed by atoms with E-state index in [2.05, 4.69) is 31.9 Å². The summed E-state index contributed by atoms with van der Waals surface area (Å²) in [5.74, 6) is -0.261. The predicted molar refractivity (Wildman–Crippen MR) is 89.3 cm³/mol. The van der Waals surface area contributed by atoms with Crippen molar-refractivity contribution in [3.8, 4) is 5.75 Å². The van der Waals surface area contributed by atoms with Gasteiger partial charge in [0.1, 0.15) is 12.4 Å². The van der Waals surface area contributed by atoms with Gasteiger partial charge in [-0.2, -0.15) is 0 Å². The third-order valence-electron chi connectivity index (χ3n) is 2.66. The van der Waals surface area contributed by atoms with Gasteiger partial charge in [0.05, 0.1) is 4.47 Å². The number of benzene rings is 2. The van der Waals surface area contributed by atoms with Gasteiger partial charge in [-0.25, -0.2) is 4.79 Å². The lowest BCUT2D eigenvalue weighted by Gasteiger charge is -2.09. The number of carboxylic acids is 1. The van der Waals surface area contributed by atoms with Crippen LogP contribution in [0.5, 0.6) is 5.75 Å². The first-order valence-electron chi connectivity index (χ1n) is 6.12. The molecule has 0 atom stereocenters. The van der Waals surface area contributed by atoms with Gasteiger partial charge in [-0.1, -0.05) is 34.1 Å². The maximum absolute atomic E-state index is 10.5. The molecule has 0 radical (unpaired) electrons.